The van der Waals surface area contributed by atoms with Gasteiger partial charge in [-0.15, -0.1) is 0 Å². The normalized spacial score (nSPS) is 10.2. The molecule has 18 heavy (non-hydrogen) atoms. The van der Waals surface area contributed by atoms with E-state index in [2.05, 4.69) is 4.98 Å². The van der Waals surface area contributed by atoms with E-state index in [1.165, 1.54) is 6.07 Å². The van der Waals surface area contributed by atoms with Gasteiger partial charge in [-0.1, -0.05) is 20.8 Å². The Labute approximate surface area is 105 Å². The van der Waals surface area contributed by atoms with E-state index in [0.717, 1.165) is 0 Å². The molecule has 0 amide bonds. The fraction of sp³-hybridized carbons (Fsp3) is 0.385. The van der Waals surface area contributed by atoms with Crippen LogP contribution in [0.5, 0.6) is 0 Å². The van der Waals surface area contributed by atoms with Crippen molar-refractivity contribution < 1.29 is 4.79 Å². The summed E-state index contributed by atoms with van der Waals surface area (Å²) in [5.41, 5.74) is -0.0146. The van der Waals surface area contributed by atoms with Gasteiger partial charge in [-0.2, -0.15) is 5.26 Å². The number of rotatable bonds is 4. The van der Waals surface area contributed by atoms with Crippen molar-refractivity contribution in [3.8, 4) is 6.07 Å². The lowest BCUT2D eigenvalue weighted by Gasteiger charge is -2.12. The van der Waals surface area contributed by atoms with Crippen LogP contribution in [-0.4, -0.2) is 16.5 Å². The number of carbonyl (C=O) groups excluding carboxylic acids is 1. The first-order valence-corrected chi connectivity index (χ1v) is 5.71. The molecular weight excluding hydrogens is 230 g/mol. The molecule has 1 heterocycles. The molecule has 0 spiro atoms. The molecule has 0 aliphatic heterocycles. The summed E-state index contributed by atoms with van der Waals surface area (Å²) in [7, 11) is 0. The Morgan fingerprint density at radius 2 is 2.17 bits per heavy atom. The summed E-state index contributed by atoms with van der Waals surface area (Å²) >= 11 is 0. The van der Waals surface area contributed by atoms with E-state index in [4.69, 9.17) is 10.7 Å². The van der Waals surface area contributed by atoms with Crippen LogP contribution in [0.2, 0.25) is 0 Å². The fourth-order valence-electron chi connectivity index (χ4n) is 1.52. The van der Waals surface area contributed by atoms with E-state index >= 15 is 0 Å². The number of hydrogen-bond donors (Lipinski definition) is 2. The highest BCUT2D eigenvalue weighted by molar-refractivity contribution is 6.09. The number of carbonyl (C=O) groups is 1. The Hall–Kier alpha value is -2.22. The van der Waals surface area contributed by atoms with Crippen LogP contribution in [0.1, 0.15) is 48.8 Å². The monoisotopic (exact) mass is 245 g/mol. The molecule has 0 aromatic carbocycles. The number of pyridine rings is 1. The lowest BCUT2D eigenvalue weighted by Crippen LogP contribution is -2.23. The molecule has 2 N–H and O–H groups in total. The molecular formula is C13H15N3O2. The smallest absolute Gasteiger partial charge is 0.266 e. The summed E-state index contributed by atoms with van der Waals surface area (Å²) in [6.45, 7) is 5.31. The first-order chi connectivity index (χ1) is 8.42. The molecule has 0 atom stereocenters. The maximum Gasteiger partial charge on any atom is 0.266 e. The number of nitriles is 1. The number of ketones is 1. The van der Waals surface area contributed by atoms with Gasteiger partial charge in [0, 0.05) is 12.0 Å². The lowest BCUT2D eigenvalue weighted by molar-refractivity contribution is 0.0987. The van der Waals surface area contributed by atoms with Gasteiger partial charge in [0.1, 0.15) is 11.6 Å². The maximum atomic E-state index is 11.8. The minimum Gasteiger partial charge on any atom is -0.319 e. The molecule has 94 valence electrons. The molecule has 1 rings (SSSR count). The Balaban J connectivity index is 3.55. The van der Waals surface area contributed by atoms with Crippen molar-refractivity contribution in [1.82, 2.24) is 4.98 Å². The minimum atomic E-state index is -0.564. The molecule has 0 bridgehead atoms. The summed E-state index contributed by atoms with van der Waals surface area (Å²) in [6, 6.07) is 3.02. The molecule has 5 heteroatoms. The molecule has 0 unspecified atom stereocenters. The molecule has 0 fully saturated rings. The van der Waals surface area contributed by atoms with Gasteiger partial charge in [-0.25, -0.2) is 0 Å². The molecule has 0 aliphatic carbocycles. The van der Waals surface area contributed by atoms with Crippen molar-refractivity contribution in [1.29, 1.82) is 10.7 Å². The van der Waals surface area contributed by atoms with E-state index in [-0.39, 0.29) is 40.7 Å². The number of aromatic nitrogens is 1. The lowest BCUT2D eigenvalue weighted by atomic mass is 9.96. The highest BCUT2D eigenvalue weighted by atomic mass is 16.1. The van der Waals surface area contributed by atoms with Crippen LogP contribution in [-0.2, 0) is 0 Å². The van der Waals surface area contributed by atoms with Crippen LogP contribution >= 0.6 is 0 Å². The summed E-state index contributed by atoms with van der Waals surface area (Å²) in [5.74, 6) is -0.305. The third-order valence-corrected chi connectivity index (χ3v) is 2.63. The predicted octanol–water partition coefficient (Wildman–Crippen LogP) is 1.86. The first-order valence-electron chi connectivity index (χ1n) is 5.71. The maximum absolute atomic E-state index is 11.8. The summed E-state index contributed by atoms with van der Waals surface area (Å²) < 4.78 is 0. The van der Waals surface area contributed by atoms with Gasteiger partial charge >= 0.3 is 0 Å². The van der Waals surface area contributed by atoms with Gasteiger partial charge in [-0.3, -0.25) is 9.59 Å². The van der Waals surface area contributed by atoms with Crippen LogP contribution in [0.4, 0.5) is 0 Å². The largest absolute Gasteiger partial charge is 0.319 e. The average Bonchev–Trinajstić information content (AvgIpc) is 2.36. The summed E-state index contributed by atoms with van der Waals surface area (Å²) in [5, 5.41) is 16.7. The number of nitrogens with zero attached hydrogens (tertiary/aromatic N) is 1. The number of nitrogens with one attached hydrogen (secondary N) is 2. The molecule has 0 radical (unpaired) electrons. The van der Waals surface area contributed by atoms with Crippen molar-refractivity contribution in [2.24, 2.45) is 5.92 Å². The fourth-order valence-corrected chi connectivity index (χ4v) is 1.52. The van der Waals surface area contributed by atoms with Gasteiger partial charge in [-0.05, 0) is 12.0 Å². The SMILES string of the molecule is CCC(=O)c1cc(C#N)c(=O)[nH]c1C(=N)C(C)C. The van der Waals surface area contributed by atoms with E-state index in [1.54, 1.807) is 26.8 Å². The number of Topliss-reactive ketones (excluding diaryl/α,β-unsaturated/α-hetero) is 1. The second kappa shape index (κ2) is 5.41. The highest BCUT2D eigenvalue weighted by Crippen LogP contribution is 2.13. The van der Waals surface area contributed by atoms with Gasteiger partial charge in [0.2, 0.25) is 0 Å². The predicted molar refractivity (Wildman–Crippen MR) is 68.1 cm³/mol. The number of aromatic amines is 1. The molecule has 0 saturated carbocycles. The van der Waals surface area contributed by atoms with Crippen LogP contribution < -0.4 is 5.56 Å². The topological polar surface area (TPSA) is 97.6 Å². The van der Waals surface area contributed by atoms with Crippen molar-refractivity contribution in [2.45, 2.75) is 27.2 Å². The van der Waals surface area contributed by atoms with Crippen molar-refractivity contribution in [2.75, 3.05) is 0 Å². The second-order valence-corrected chi connectivity index (χ2v) is 4.26. The van der Waals surface area contributed by atoms with Gasteiger partial charge < -0.3 is 10.4 Å². The van der Waals surface area contributed by atoms with E-state index in [9.17, 15) is 9.59 Å². The van der Waals surface area contributed by atoms with E-state index < -0.39 is 5.56 Å². The standard InChI is InChI=1S/C13H15N3O2/c1-4-10(17)9-5-8(6-14)13(18)16-12(9)11(15)7(2)3/h5,7,15H,4H2,1-3H3,(H,16,18). The summed E-state index contributed by atoms with van der Waals surface area (Å²) in [4.78, 5) is 25.9. The average molecular weight is 245 g/mol. The number of hydrogen-bond acceptors (Lipinski definition) is 4. The Morgan fingerprint density at radius 3 is 2.61 bits per heavy atom. The van der Waals surface area contributed by atoms with Crippen molar-refractivity contribution >= 4 is 11.5 Å². The minimum absolute atomic E-state index is 0.105. The zero-order valence-corrected chi connectivity index (χ0v) is 10.6. The first kappa shape index (κ1) is 13.8. The summed E-state index contributed by atoms with van der Waals surface area (Å²) in [6.07, 6.45) is 0.259. The molecule has 5 nitrogen and oxygen atoms in total. The van der Waals surface area contributed by atoms with Crippen LogP contribution in [0, 0.1) is 22.7 Å². The van der Waals surface area contributed by atoms with Crippen molar-refractivity contribution in [3.63, 3.8) is 0 Å². The van der Waals surface area contributed by atoms with E-state index in [0.29, 0.717) is 0 Å². The van der Waals surface area contributed by atoms with Gasteiger partial charge in [0.25, 0.3) is 5.56 Å². The van der Waals surface area contributed by atoms with Crippen molar-refractivity contribution in [3.05, 3.63) is 33.2 Å². The zero-order chi connectivity index (χ0) is 13.9. The highest BCUT2D eigenvalue weighted by Gasteiger charge is 2.18. The number of H-pyrrole nitrogens is 1. The Bertz CT molecular complexity index is 591. The van der Waals surface area contributed by atoms with Crippen LogP contribution in [0.25, 0.3) is 0 Å². The van der Waals surface area contributed by atoms with Crippen LogP contribution in [0.3, 0.4) is 0 Å². The van der Waals surface area contributed by atoms with Gasteiger partial charge in [0.15, 0.2) is 5.78 Å². The van der Waals surface area contributed by atoms with E-state index in [1.807, 2.05) is 0 Å². The van der Waals surface area contributed by atoms with Gasteiger partial charge in [0.05, 0.1) is 11.4 Å². The van der Waals surface area contributed by atoms with Crippen LogP contribution in [0.15, 0.2) is 10.9 Å². The molecule has 0 aliphatic rings. The quantitative estimate of drug-likeness (QED) is 0.625. The molecule has 1 aromatic heterocycles. The second-order valence-electron chi connectivity index (χ2n) is 4.26. The zero-order valence-electron chi connectivity index (χ0n) is 10.6. The third kappa shape index (κ3) is 2.54. The molecule has 1 aromatic rings. The molecule has 0 saturated heterocycles. The Morgan fingerprint density at radius 1 is 1.56 bits per heavy atom. The Kier molecular flexibility index (Phi) is 4.16. The third-order valence-electron chi connectivity index (χ3n) is 2.63.